The standard InChI is InChI=1S/C19H15ClN2O3/c20-17-8-1-2-9-18(17)22-19(23)13-24-14-5-3-6-15(11-14)25-16-7-4-10-21-12-16/h1-12H,13H2,(H,22,23). The van der Waals surface area contributed by atoms with Crippen molar-refractivity contribution in [2.24, 2.45) is 0 Å². The maximum Gasteiger partial charge on any atom is 0.262 e. The molecule has 0 aliphatic carbocycles. The Hall–Kier alpha value is -3.05. The number of hydrogen-bond donors (Lipinski definition) is 1. The average molecular weight is 355 g/mol. The number of nitrogens with zero attached hydrogens (tertiary/aromatic N) is 1. The molecule has 5 nitrogen and oxygen atoms in total. The Morgan fingerprint density at radius 2 is 1.80 bits per heavy atom. The fourth-order valence-corrected chi connectivity index (χ4v) is 2.25. The Morgan fingerprint density at radius 3 is 2.60 bits per heavy atom. The summed E-state index contributed by atoms with van der Waals surface area (Å²) in [6.07, 6.45) is 3.29. The number of nitrogens with one attached hydrogen (secondary N) is 1. The zero-order valence-corrected chi connectivity index (χ0v) is 13.9. The average Bonchev–Trinajstić information content (AvgIpc) is 2.63. The number of pyridine rings is 1. The third kappa shape index (κ3) is 4.96. The molecule has 0 aliphatic rings. The molecule has 3 aromatic rings. The van der Waals surface area contributed by atoms with E-state index in [4.69, 9.17) is 21.1 Å². The molecule has 1 amide bonds. The summed E-state index contributed by atoms with van der Waals surface area (Å²) in [5, 5.41) is 3.17. The highest BCUT2D eigenvalue weighted by molar-refractivity contribution is 6.33. The van der Waals surface area contributed by atoms with Gasteiger partial charge in [0.05, 0.1) is 16.9 Å². The number of aromatic nitrogens is 1. The van der Waals surface area contributed by atoms with Crippen molar-refractivity contribution in [3.8, 4) is 17.2 Å². The van der Waals surface area contributed by atoms with Gasteiger partial charge in [0.25, 0.3) is 5.91 Å². The fraction of sp³-hybridized carbons (Fsp3) is 0.0526. The van der Waals surface area contributed by atoms with E-state index in [0.29, 0.717) is 28.0 Å². The first-order valence-corrected chi connectivity index (χ1v) is 7.93. The van der Waals surface area contributed by atoms with Crippen molar-refractivity contribution in [3.05, 3.63) is 78.1 Å². The lowest BCUT2D eigenvalue weighted by molar-refractivity contribution is -0.118. The van der Waals surface area contributed by atoms with Crippen LogP contribution in [0.2, 0.25) is 5.02 Å². The number of carbonyl (C=O) groups excluding carboxylic acids is 1. The SMILES string of the molecule is O=C(COc1cccc(Oc2cccnc2)c1)Nc1ccccc1Cl. The summed E-state index contributed by atoms with van der Waals surface area (Å²) in [5.74, 6) is 1.44. The summed E-state index contributed by atoms with van der Waals surface area (Å²) in [4.78, 5) is 16.0. The first-order chi connectivity index (χ1) is 12.2. The van der Waals surface area contributed by atoms with Crippen LogP contribution in [0.15, 0.2) is 73.1 Å². The molecule has 0 saturated carbocycles. The van der Waals surface area contributed by atoms with Crippen LogP contribution in [-0.2, 0) is 4.79 Å². The van der Waals surface area contributed by atoms with Gasteiger partial charge in [0.15, 0.2) is 6.61 Å². The summed E-state index contributed by atoms with van der Waals surface area (Å²) in [5.41, 5.74) is 0.548. The van der Waals surface area contributed by atoms with Crippen LogP contribution in [0, 0.1) is 0 Å². The van der Waals surface area contributed by atoms with Gasteiger partial charge in [-0.05, 0) is 36.4 Å². The second-order valence-electron chi connectivity index (χ2n) is 5.08. The van der Waals surface area contributed by atoms with Crippen LogP contribution in [0.5, 0.6) is 17.2 Å². The van der Waals surface area contributed by atoms with Crippen molar-refractivity contribution in [1.29, 1.82) is 0 Å². The van der Waals surface area contributed by atoms with Gasteiger partial charge >= 0.3 is 0 Å². The van der Waals surface area contributed by atoms with Crippen LogP contribution in [0.3, 0.4) is 0 Å². The van der Waals surface area contributed by atoms with Gasteiger partial charge in [0, 0.05) is 12.3 Å². The molecule has 0 aliphatic heterocycles. The third-order valence-corrected chi connectivity index (χ3v) is 3.52. The normalized spacial score (nSPS) is 10.1. The van der Waals surface area contributed by atoms with Gasteiger partial charge in [-0.1, -0.05) is 29.8 Å². The molecule has 3 rings (SSSR count). The number of para-hydroxylation sites is 1. The first kappa shape index (κ1) is 16.8. The van der Waals surface area contributed by atoms with Gasteiger partial charge in [0.1, 0.15) is 17.2 Å². The van der Waals surface area contributed by atoms with E-state index in [0.717, 1.165) is 0 Å². The molecule has 2 aromatic carbocycles. The van der Waals surface area contributed by atoms with E-state index < -0.39 is 0 Å². The third-order valence-electron chi connectivity index (χ3n) is 3.19. The van der Waals surface area contributed by atoms with E-state index in [1.165, 1.54) is 0 Å². The minimum atomic E-state index is -0.299. The predicted molar refractivity (Wildman–Crippen MR) is 96.3 cm³/mol. The predicted octanol–water partition coefficient (Wildman–Crippen LogP) is 4.54. The molecule has 0 unspecified atom stereocenters. The van der Waals surface area contributed by atoms with Crippen LogP contribution in [0.25, 0.3) is 0 Å². The molecule has 0 bridgehead atoms. The lowest BCUT2D eigenvalue weighted by Crippen LogP contribution is -2.20. The molecule has 0 radical (unpaired) electrons. The number of benzene rings is 2. The topological polar surface area (TPSA) is 60.5 Å². The molecule has 0 atom stereocenters. The van der Waals surface area contributed by atoms with Gasteiger partial charge in [-0.2, -0.15) is 0 Å². The fourth-order valence-electron chi connectivity index (χ4n) is 2.07. The van der Waals surface area contributed by atoms with Crippen molar-refractivity contribution in [3.63, 3.8) is 0 Å². The summed E-state index contributed by atoms with van der Waals surface area (Å²) < 4.78 is 11.2. The zero-order valence-electron chi connectivity index (χ0n) is 13.2. The van der Waals surface area contributed by atoms with E-state index >= 15 is 0 Å². The highest BCUT2D eigenvalue weighted by atomic mass is 35.5. The van der Waals surface area contributed by atoms with Crippen molar-refractivity contribution in [1.82, 2.24) is 4.98 Å². The van der Waals surface area contributed by atoms with Crippen LogP contribution < -0.4 is 14.8 Å². The molecular formula is C19H15ClN2O3. The summed E-state index contributed by atoms with van der Waals surface area (Å²) >= 11 is 6.01. The number of amides is 1. The Kier molecular flexibility index (Phi) is 5.49. The van der Waals surface area contributed by atoms with Crippen LogP contribution in [0.4, 0.5) is 5.69 Å². The maximum atomic E-state index is 12.0. The Morgan fingerprint density at radius 1 is 1.00 bits per heavy atom. The number of rotatable bonds is 6. The number of ether oxygens (including phenoxy) is 2. The first-order valence-electron chi connectivity index (χ1n) is 7.56. The number of anilines is 1. The van der Waals surface area contributed by atoms with Crippen molar-refractivity contribution in [2.45, 2.75) is 0 Å². The number of halogens is 1. The molecule has 1 N–H and O–H groups in total. The molecule has 6 heteroatoms. The Balaban J connectivity index is 1.57. The molecular weight excluding hydrogens is 340 g/mol. The van der Waals surface area contributed by atoms with E-state index in [1.807, 2.05) is 0 Å². The van der Waals surface area contributed by atoms with Crippen molar-refractivity contribution < 1.29 is 14.3 Å². The Labute approximate surface area is 150 Å². The minimum absolute atomic E-state index is 0.137. The second kappa shape index (κ2) is 8.17. The highest BCUT2D eigenvalue weighted by Crippen LogP contribution is 2.25. The molecule has 1 heterocycles. The smallest absolute Gasteiger partial charge is 0.262 e. The van der Waals surface area contributed by atoms with Crippen molar-refractivity contribution >= 4 is 23.2 Å². The molecule has 25 heavy (non-hydrogen) atoms. The number of hydrogen-bond acceptors (Lipinski definition) is 4. The quantitative estimate of drug-likeness (QED) is 0.705. The Bertz CT molecular complexity index is 856. The minimum Gasteiger partial charge on any atom is -0.484 e. The van der Waals surface area contributed by atoms with Crippen LogP contribution in [0.1, 0.15) is 0 Å². The number of carbonyl (C=O) groups is 1. The summed E-state index contributed by atoms with van der Waals surface area (Å²) in [7, 11) is 0. The van der Waals surface area contributed by atoms with Gasteiger partial charge in [-0.3, -0.25) is 9.78 Å². The van der Waals surface area contributed by atoms with Gasteiger partial charge in [0.2, 0.25) is 0 Å². The maximum absolute atomic E-state index is 12.0. The van der Waals surface area contributed by atoms with Gasteiger partial charge in [-0.25, -0.2) is 0 Å². The largest absolute Gasteiger partial charge is 0.484 e. The zero-order chi connectivity index (χ0) is 17.5. The van der Waals surface area contributed by atoms with Crippen molar-refractivity contribution in [2.75, 3.05) is 11.9 Å². The lowest BCUT2D eigenvalue weighted by atomic mass is 10.3. The van der Waals surface area contributed by atoms with E-state index in [-0.39, 0.29) is 12.5 Å². The van der Waals surface area contributed by atoms with Gasteiger partial charge < -0.3 is 14.8 Å². The summed E-state index contributed by atoms with van der Waals surface area (Å²) in [6.45, 7) is -0.137. The van der Waals surface area contributed by atoms with Crippen LogP contribution in [-0.4, -0.2) is 17.5 Å². The highest BCUT2D eigenvalue weighted by Gasteiger charge is 2.07. The van der Waals surface area contributed by atoms with E-state index in [9.17, 15) is 4.79 Å². The molecule has 0 saturated heterocycles. The van der Waals surface area contributed by atoms with Gasteiger partial charge in [-0.15, -0.1) is 0 Å². The second-order valence-corrected chi connectivity index (χ2v) is 5.49. The molecule has 0 fully saturated rings. The monoisotopic (exact) mass is 354 g/mol. The van der Waals surface area contributed by atoms with E-state index in [1.54, 1.807) is 73.1 Å². The lowest BCUT2D eigenvalue weighted by Gasteiger charge is -2.10. The van der Waals surface area contributed by atoms with Crippen LogP contribution >= 0.6 is 11.6 Å². The van der Waals surface area contributed by atoms with E-state index in [2.05, 4.69) is 10.3 Å². The molecule has 0 spiro atoms. The molecule has 126 valence electrons. The summed E-state index contributed by atoms with van der Waals surface area (Å²) in [6, 6.07) is 17.6. The molecule has 1 aromatic heterocycles.